The van der Waals surface area contributed by atoms with Crippen molar-refractivity contribution in [1.29, 1.82) is 0 Å². The van der Waals surface area contributed by atoms with Crippen LogP contribution in [0.25, 0.3) is 4.85 Å². The summed E-state index contributed by atoms with van der Waals surface area (Å²) in [5.41, 5.74) is -5.39. The Balaban J connectivity index is 1.99. The van der Waals surface area contributed by atoms with Crippen LogP contribution >= 0.6 is 0 Å². The first-order chi connectivity index (χ1) is 20.2. The Hall–Kier alpha value is -4.71. The summed E-state index contributed by atoms with van der Waals surface area (Å²) in [5.74, 6) is -2.42. The van der Waals surface area contributed by atoms with Crippen LogP contribution < -0.4 is 10.3 Å². The highest BCUT2D eigenvalue weighted by molar-refractivity contribution is 7.92. The molecule has 0 saturated carbocycles. The Morgan fingerprint density at radius 1 is 1.09 bits per heavy atom. The number of pyridine rings is 1. The van der Waals surface area contributed by atoms with E-state index in [1.54, 1.807) is 0 Å². The van der Waals surface area contributed by atoms with Crippen molar-refractivity contribution in [2.75, 3.05) is 4.72 Å². The number of carboxylic acids is 1. The van der Waals surface area contributed by atoms with Crippen LogP contribution in [0, 0.1) is 12.5 Å². The third-order valence-electron chi connectivity index (χ3n) is 6.56. The minimum Gasteiger partial charge on any atom is -0.493 e. The van der Waals surface area contributed by atoms with Crippen LogP contribution in [0.15, 0.2) is 68.4 Å². The molecule has 0 saturated heterocycles. The summed E-state index contributed by atoms with van der Waals surface area (Å²) < 4.78 is 70.5. The van der Waals surface area contributed by atoms with E-state index in [9.17, 15) is 36.3 Å². The van der Waals surface area contributed by atoms with Crippen LogP contribution in [-0.2, 0) is 22.7 Å². The Morgan fingerprint density at radius 3 is 2.23 bits per heavy atom. The third-order valence-corrected chi connectivity index (χ3v) is 7.96. The van der Waals surface area contributed by atoms with Crippen molar-refractivity contribution in [3.63, 3.8) is 0 Å². The maximum absolute atomic E-state index is 14.0. The summed E-state index contributed by atoms with van der Waals surface area (Å²) in [6.45, 7) is 10.9. The normalized spacial score (nSPS) is 12.7. The fourth-order valence-electron chi connectivity index (χ4n) is 4.19. The smallest absolute Gasteiger partial charge is 0.409 e. The Bertz CT molecular complexity index is 1710. The van der Waals surface area contributed by atoms with Gasteiger partial charge in [0.15, 0.2) is 0 Å². The van der Waals surface area contributed by atoms with Gasteiger partial charge in [-0.05, 0) is 60.9 Å². The SMILES string of the molecule is [C-]#[N+]c1c(C(F)(F)F)c(/N=N/c2ccc(S(=O)(=O)Nc3ccc(C(=O)O)cc3)cc2)c(O)n(CC(CC)CCCC)c1=O. The molecule has 43 heavy (non-hydrogen) atoms. The summed E-state index contributed by atoms with van der Waals surface area (Å²) in [5, 5.41) is 27.1. The number of carboxylic acid groups (broad SMARTS) is 1. The summed E-state index contributed by atoms with van der Waals surface area (Å²) in [6.07, 6.45) is -2.33. The summed E-state index contributed by atoms with van der Waals surface area (Å²) in [6, 6.07) is 9.47. The lowest BCUT2D eigenvalue weighted by Crippen LogP contribution is -2.26. The van der Waals surface area contributed by atoms with Gasteiger partial charge >= 0.3 is 12.1 Å². The van der Waals surface area contributed by atoms with E-state index in [1.807, 2.05) is 13.8 Å². The first kappa shape index (κ1) is 32.8. The molecule has 0 spiro atoms. The number of nitrogens with one attached hydrogen (secondary N) is 1. The number of azo groups is 1. The molecular formula is C28H28F3N5O6S. The average Bonchev–Trinajstić information content (AvgIpc) is 2.96. The maximum Gasteiger partial charge on any atom is 0.409 e. The van der Waals surface area contributed by atoms with Gasteiger partial charge in [-0.3, -0.25) is 14.1 Å². The molecule has 0 bridgehead atoms. The molecule has 0 radical (unpaired) electrons. The zero-order valence-electron chi connectivity index (χ0n) is 23.1. The lowest BCUT2D eigenvalue weighted by Gasteiger charge is -2.20. The standard InChI is InChI=1S/C28H28F3N5O6S/c1-4-6-7-17(5-2)16-36-25(37)23(32-3)22(28(29,30)31)24(26(36)38)34-33-19-12-14-21(15-13-19)43(41,42)35-20-10-8-18(9-11-20)27(39)40/h8-15,17,35,38H,4-7,16H2,1-2H3,(H,39,40)/b34-33+. The van der Waals surface area contributed by atoms with Gasteiger partial charge in [0, 0.05) is 12.2 Å². The quantitative estimate of drug-likeness (QED) is 0.143. The number of unbranched alkanes of at least 4 members (excludes halogenated alkanes) is 1. The van der Waals surface area contributed by atoms with Crippen LogP contribution in [0.1, 0.15) is 55.5 Å². The highest BCUT2D eigenvalue weighted by atomic mass is 32.2. The molecule has 3 aromatic rings. The molecule has 3 rings (SSSR count). The Morgan fingerprint density at radius 2 is 1.72 bits per heavy atom. The van der Waals surface area contributed by atoms with Crippen molar-refractivity contribution in [1.82, 2.24) is 4.57 Å². The molecule has 1 atom stereocenters. The summed E-state index contributed by atoms with van der Waals surface area (Å²) in [7, 11) is -4.13. The number of nitrogens with zero attached hydrogens (tertiary/aromatic N) is 4. The molecule has 1 heterocycles. The number of aromatic hydroxyl groups is 1. The number of hydrogen-bond donors (Lipinski definition) is 3. The molecule has 0 aliphatic rings. The predicted octanol–water partition coefficient (Wildman–Crippen LogP) is 7.25. The van der Waals surface area contributed by atoms with Gasteiger partial charge in [-0.2, -0.15) is 18.3 Å². The largest absolute Gasteiger partial charge is 0.493 e. The number of halogens is 3. The molecule has 3 N–H and O–H groups in total. The molecular weight excluding hydrogens is 591 g/mol. The molecule has 11 nitrogen and oxygen atoms in total. The van der Waals surface area contributed by atoms with Gasteiger partial charge in [-0.25, -0.2) is 18.1 Å². The summed E-state index contributed by atoms with van der Waals surface area (Å²) in [4.78, 5) is 26.4. The number of hydrogen-bond acceptors (Lipinski definition) is 7. The van der Waals surface area contributed by atoms with Gasteiger partial charge in [-0.15, -0.1) is 5.11 Å². The predicted molar refractivity (Wildman–Crippen MR) is 152 cm³/mol. The van der Waals surface area contributed by atoms with E-state index in [-0.39, 0.29) is 34.3 Å². The molecule has 228 valence electrons. The van der Waals surface area contributed by atoms with E-state index in [1.165, 1.54) is 24.3 Å². The number of benzene rings is 2. The number of sulfonamides is 1. The van der Waals surface area contributed by atoms with Crippen molar-refractivity contribution >= 4 is 38.7 Å². The van der Waals surface area contributed by atoms with Crippen molar-refractivity contribution < 1.29 is 36.6 Å². The number of alkyl halides is 3. The van der Waals surface area contributed by atoms with Gasteiger partial charge < -0.3 is 10.2 Å². The molecule has 15 heteroatoms. The van der Waals surface area contributed by atoms with Gasteiger partial charge in [0.1, 0.15) is 5.69 Å². The Labute approximate surface area is 245 Å². The molecule has 0 fully saturated rings. The monoisotopic (exact) mass is 619 g/mol. The highest BCUT2D eigenvalue weighted by Gasteiger charge is 2.41. The second-order valence-electron chi connectivity index (χ2n) is 9.52. The highest BCUT2D eigenvalue weighted by Crippen LogP contribution is 2.46. The number of aromatic nitrogens is 1. The second-order valence-corrected chi connectivity index (χ2v) is 11.2. The average molecular weight is 620 g/mol. The van der Waals surface area contributed by atoms with Crippen LogP contribution in [-0.4, -0.2) is 29.2 Å². The van der Waals surface area contributed by atoms with Crippen molar-refractivity contribution in [2.45, 2.75) is 57.1 Å². The van der Waals surface area contributed by atoms with Crippen LogP contribution in [0.4, 0.5) is 35.9 Å². The second kappa shape index (κ2) is 13.5. The molecule has 1 aromatic heterocycles. The minimum absolute atomic E-state index is 0.0435. The molecule has 1 unspecified atom stereocenters. The van der Waals surface area contributed by atoms with Gasteiger partial charge in [0.2, 0.25) is 5.88 Å². The third kappa shape index (κ3) is 7.77. The van der Waals surface area contributed by atoms with E-state index in [0.29, 0.717) is 17.4 Å². The number of aromatic carboxylic acids is 1. The molecule has 0 amide bonds. The van der Waals surface area contributed by atoms with Crippen LogP contribution in [0.5, 0.6) is 5.88 Å². The van der Waals surface area contributed by atoms with Crippen molar-refractivity contribution in [2.24, 2.45) is 16.1 Å². The van der Waals surface area contributed by atoms with Gasteiger partial charge in [0.05, 0.1) is 28.3 Å². The molecule has 2 aromatic carbocycles. The van der Waals surface area contributed by atoms with E-state index in [4.69, 9.17) is 11.7 Å². The molecule has 0 aliphatic carbocycles. The van der Waals surface area contributed by atoms with Crippen LogP contribution in [0.2, 0.25) is 0 Å². The number of rotatable bonds is 12. The first-order valence-corrected chi connectivity index (χ1v) is 14.5. The van der Waals surface area contributed by atoms with Gasteiger partial charge in [0.25, 0.3) is 21.3 Å². The van der Waals surface area contributed by atoms with E-state index in [2.05, 4.69) is 19.8 Å². The number of anilines is 1. The maximum atomic E-state index is 14.0. The lowest BCUT2D eigenvalue weighted by molar-refractivity contribution is -0.136. The zero-order chi connectivity index (χ0) is 31.9. The number of carbonyl (C=O) groups is 1. The van der Waals surface area contributed by atoms with E-state index < -0.39 is 50.5 Å². The van der Waals surface area contributed by atoms with E-state index in [0.717, 1.165) is 37.1 Å². The fraction of sp³-hybridized carbons (Fsp3) is 0.321. The Kier molecular flexibility index (Phi) is 10.3. The topological polar surface area (TPSA) is 155 Å². The molecule has 0 aliphatic heterocycles. The van der Waals surface area contributed by atoms with Crippen LogP contribution in [0.3, 0.4) is 0 Å². The summed E-state index contributed by atoms with van der Waals surface area (Å²) >= 11 is 0. The zero-order valence-corrected chi connectivity index (χ0v) is 23.9. The van der Waals surface area contributed by atoms with Gasteiger partial charge in [-0.1, -0.05) is 33.1 Å². The van der Waals surface area contributed by atoms with E-state index >= 15 is 0 Å². The van der Waals surface area contributed by atoms with Crippen molar-refractivity contribution in [3.8, 4) is 5.88 Å². The fourth-order valence-corrected chi connectivity index (χ4v) is 5.25. The van der Waals surface area contributed by atoms with Crippen molar-refractivity contribution in [3.05, 3.63) is 81.4 Å². The lowest BCUT2D eigenvalue weighted by atomic mass is 9.99. The minimum atomic E-state index is -5.22. The first-order valence-electron chi connectivity index (χ1n) is 13.1.